The molecule has 458 valence electrons. The van der Waals surface area contributed by atoms with E-state index >= 15 is 0 Å². The first kappa shape index (κ1) is 66.1. The molecule has 0 bridgehead atoms. The minimum absolute atomic E-state index is 0.000801. The molecular formula is C57H90N4O19S. The molecule has 4 aliphatic rings. The first-order valence-electron chi connectivity index (χ1n) is 28.2. The molecule has 0 spiro atoms. The lowest BCUT2D eigenvalue weighted by atomic mass is 9.73. The maximum atomic E-state index is 14.7. The van der Waals surface area contributed by atoms with Gasteiger partial charge in [-0.15, -0.1) is 11.8 Å². The standard InChI is InChI=1S/C57H90N4O19S/c1-15-41-57(10,70)49(65)32(4)44(59-74-29-71-13)30(2)26-55(8,69)50(80-54-47(64)39(60(11)12)23-31(3)75-54)33(5)48(34(6)53(68)77-41)79-43-27-56(9,72-14)51(35(7)76-43)78-42(62)17-18-58-19-22-81-36-24-37-45-40(25-36)73-21-16-20-61(45)28-38(46(37)63)52(66)67/h24-25,28,30-35,39,41,43,47-51,54,58,64-65,69-70H,15-23,26-27,29H2,1-14H3,(H,66,67)/b59-44+/t30-,31+,32+,33+,34-,35+,39-,41-,43+,47+,48+,49-,50-,51+,54-,55-,56-,57-/m1/s1. The summed E-state index contributed by atoms with van der Waals surface area (Å²) in [4.78, 5) is 61.5. The highest BCUT2D eigenvalue weighted by Crippen LogP contribution is 2.42. The Morgan fingerprint density at radius 1 is 0.963 bits per heavy atom. The second-order valence-corrected chi connectivity index (χ2v) is 24.5. The number of aryl methyl sites for hydroxylation is 1. The van der Waals surface area contributed by atoms with Crippen molar-refractivity contribution >= 4 is 46.3 Å². The maximum Gasteiger partial charge on any atom is 0.341 e. The van der Waals surface area contributed by atoms with E-state index in [1.165, 1.54) is 39.1 Å². The van der Waals surface area contributed by atoms with Gasteiger partial charge in [0.2, 0.25) is 12.2 Å². The molecule has 0 radical (unpaired) electrons. The molecule has 0 saturated carbocycles. The second-order valence-electron chi connectivity index (χ2n) is 23.3. The highest BCUT2D eigenvalue weighted by Gasteiger charge is 2.54. The first-order valence-corrected chi connectivity index (χ1v) is 29.2. The fourth-order valence-corrected chi connectivity index (χ4v) is 13.0. The number of aliphatic hydroxyl groups excluding tert-OH is 2. The van der Waals surface area contributed by atoms with Crippen molar-refractivity contribution < 1.29 is 87.4 Å². The van der Waals surface area contributed by atoms with Crippen LogP contribution in [0.15, 0.2) is 33.2 Å². The Morgan fingerprint density at radius 3 is 2.33 bits per heavy atom. The van der Waals surface area contributed by atoms with E-state index in [0.29, 0.717) is 49.6 Å². The molecule has 23 nitrogen and oxygen atoms in total. The molecule has 5 heterocycles. The van der Waals surface area contributed by atoms with E-state index in [1.807, 2.05) is 32.0 Å². The number of hydrogen-bond donors (Lipinski definition) is 6. The summed E-state index contributed by atoms with van der Waals surface area (Å²) in [5.74, 6) is -5.15. The number of oxime groups is 1. The fraction of sp³-hybridized carbons (Fsp3) is 0.772. The Balaban J connectivity index is 1.20. The lowest BCUT2D eigenvalue weighted by Crippen LogP contribution is -2.61. The lowest BCUT2D eigenvalue weighted by molar-refractivity contribution is -0.318. The molecule has 2 aromatic rings. The number of carbonyl (C=O) groups is 3. The molecule has 3 saturated heterocycles. The van der Waals surface area contributed by atoms with Gasteiger partial charge in [-0.1, -0.05) is 32.9 Å². The van der Waals surface area contributed by atoms with Crippen LogP contribution in [0.5, 0.6) is 5.75 Å². The molecule has 1 aromatic carbocycles. The topological polar surface area (TPSA) is 294 Å². The van der Waals surface area contributed by atoms with Gasteiger partial charge >= 0.3 is 17.9 Å². The number of nitrogens with one attached hydrogen (secondary N) is 1. The molecular weight excluding hydrogens is 1080 g/mol. The number of aromatic carboxylic acids is 1. The monoisotopic (exact) mass is 1170 g/mol. The summed E-state index contributed by atoms with van der Waals surface area (Å²) < 4.78 is 57.7. The molecule has 4 aliphatic heterocycles. The number of pyridine rings is 1. The van der Waals surface area contributed by atoms with Crippen molar-refractivity contribution in [1.29, 1.82) is 0 Å². The largest absolute Gasteiger partial charge is 0.491 e. The third-order valence-corrected chi connectivity index (χ3v) is 17.6. The molecule has 0 aliphatic carbocycles. The summed E-state index contributed by atoms with van der Waals surface area (Å²) in [6.45, 7) is 18.3. The highest BCUT2D eigenvalue weighted by atomic mass is 32.2. The molecule has 81 heavy (non-hydrogen) atoms. The first-order chi connectivity index (χ1) is 38.1. The van der Waals surface area contributed by atoms with E-state index in [0.717, 1.165) is 4.90 Å². The number of carbonyl (C=O) groups excluding carboxylic acids is 2. The van der Waals surface area contributed by atoms with Crippen LogP contribution in [0.4, 0.5) is 0 Å². The van der Waals surface area contributed by atoms with Crippen LogP contribution in [0, 0.1) is 23.7 Å². The van der Waals surface area contributed by atoms with Crippen molar-refractivity contribution in [2.75, 3.05) is 60.6 Å². The Labute approximate surface area is 479 Å². The van der Waals surface area contributed by atoms with Crippen molar-refractivity contribution in [2.45, 2.75) is 203 Å². The second kappa shape index (κ2) is 28.2. The van der Waals surface area contributed by atoms with Crippen LogP contribution in [0.1, 0.15) is 118 Å². The predicted molar refractivity (Wildman–Crippen MR) is 299 cm³/mol. The molecule has 18 atom stereocenters. The minimum atomic E-state index is -2.01. The summed E-state index contributed by atoms with van der Waals surface area (Å²) in [5, 5.41) is 66.4. The van der Waals surface area contributed by atoms with Crippen molar-refractivity contribution in [2.24, 2.45) is 28.8 Å². The maximum absolute atomic E-state index is 14.7. The highest BCUT2D eigenvalue weighted by molar-refractivity contribution is 7.99. The molecule has 6 rings (SSSR count). The van der Waals surface area contributed by atoms with Gasteiger partial charge in [0.1, 0.15) is 34.7 Å². The lowest BCUT2D eigenvalue weighted by Gasteiger charge is -2.49. The van der Waals surface area contributed by atoms with Crippen molar-refractivity contribution in [1.82, 2.24) is 14.8 Å². The number of methoxy groups -OCH3 is 2. The number of aliphatic hydroxyl groups is 4. The number of carboxylic acids is 1. The zero-order valence-electron chi connectivity index (χ0n) is 49.6. The van der Waals surface area contributed by atoms with Gasteiger partial charge < -0.3 is 87.8 Å². The van der Waals surface area contributed by atoms with Crippen LogP contribution in [0.2, 0.25) is 0 Å². The number of cyclic esters (lactones) is 1. The average molecular weight is 1170 g/mol. The quantitative estimate of drug-likeness (QED) is 0.0375. The van der Waals surface area contributed by atoms with Crippen LogP contribution in [0.3, 0.4) is 0 Å². The fourth-order valence-electron chi connectivity index (χ4n) is 12.1. The van der Waals surface area contributed by atoms with Crippen LogP contribution in [-0.2, 0) is 58.9 Å². The smallest absolute Gasteiger partial charge is 0.341 e. The summed E-state index contributed by atoms with van der Waals surface area (Å²) in [7, 11) is 6.61. The molecule has 0 unspecified atom stereocenters. The average Bonchev–Trinajstić information content (AvgIpc) is 3.82. The molecule has 0 amide bonds. The van der Waals surface area contributed by atoms with Gasteiger partial charge in [-0.3, -0.25) is 14.4 Å². The normalized spacial score (nSPS) is 36.8. The number of nitrogens with zero attached hydrogens (tertiary/aromatic N) is 3. The Bertz CT molecular complexity index is 2550. The van der Waals surface area contributed by atoms with Crippen molar-refractivity contribution in [3.63, 3.8) is 0 Å². The van der Waals surface area contributed by atoms with E-state index in [1.54, 1.807) is 66.0 Å². The Morgan fingerprint density at radius 2 is 1.68 bits per heavy atom. The zero-order valence-corrected chi connectivity index (χ0v) is 50.4. The number of likely N-dealkylation sites (N-methyl/N-ethyl adjacent to an activating group) is 1. The van der Waals surface area contributed by atoms with Crippen molar-refractivity contribution in [3.8, 4) is 5.75 Å². The SMILES string of the molecule is CC[C@H]1OC(=O)[C@H](C)[C@@H](O[C@H]2C[C@@](C)(OC)[C@@H](OC(=O)CCNCCSc3cc4c5c(c3)c(=O)c(C(=O)O)cn5CCCO4)[C@H](C)O2)[C@H](C)[C@@H](O[C@H]2O[C@@H](C)C[C@@H](N(C)C)[C@@H]2O)[C@](C)(O)C[C@@H](C)/C(=N\OCOC)[C@H](C)[C@@H](O)[C@]1(C)O. The van der Waals surface area contributed by atoms with Gasteiger partial charge in [0.05, 0.1) is 71.7 Å². The molecule has 1 aromatic heterocycles. The van der Waals surface area contributed by atoms with Gasteiger partial charge in [-0.05, 0) is 93.5 Å². The number of ether oxygens (including phenoxy) is 9. The number of benzene rings is 1. The van der Waals surface area contributed by atoms with Gasteiger partial charge in [0.15, 0.2) is 18.7 Å². The molecule has 24 heteroatoms. The van der Waals surface area contributed by atoms with E-state index in [-0.39, 0.29) is 67.8 Å². The van der Waals surface area contributed by atoms with Gasteiger partial charge in [0.25, 0.3) is 0 Å². The number of rotatable bonds is 19. The number of carboxylic acid groups (broad SMARTS) is 1. The van der Waals surface area contributed by atoms with Gasteiger partial charge in [-0.2, -0.15) is 0 Å². The summed E-state index contributed by atoms with van der Waals surface area (Å²) in [6, 6.07) is 3.17. The van der Waals surface area contributed by atoms with Gasteiger partial charge in [-0.25, -0.2) is 4.79 Å². The number of hydrogen-bond acceptors (Lipinski definition) is 22. The minimum Gasteiger partial charge on any atom is -0.491 e. The predicted octanol–water partition coefficient (Wildman–Crippen LogP) is 4.31. The van der Waals surface area contributed by atoms with Crippen LogP contribution >= 0.6 is 11.8 Å². The summed E-state index contributed by atoms with van der Waals surface area (Å²) >= 11 is 1.46. The summed E-state index contributed by atoms with van der Waals surface area (Å²) in [6.07, 6.45) is -8.25. The molecule has 6 N–H and O–H groups in total. The van der Waals surface area contributed by atoms with Crippen LogP contribution < -0.4 is 15.5 Å². The third-order valence-electron chi connectivity index (χ3n) is 16.6. The zero-order chi connectivity index (χ0) is 59.9. The van der Waals surface area contributed by atoms with E-state index in [9.17, 15) is 44.7 Å². The van der Waals surface area contributed by atoms with E-state index < -0.39 is 119 Å². The Hall–Kier alpha value is -4.02. The Kier molecular flexibility index (Phi) is 23.1. The number of esters is 2. The number of thioether (sulfide) groups is 1. The van der Waals surface area contributed by atoms with E-state index in [4.69, 9.17) is 47.5 Å². The van der Waals surface area contributed by atoms with Crippen LogP contribution in [0.25, 0.3) is 10.9 Å². The van der Waals surface area contributed by atoms with Gasteiger partial charge in [0, 0.05) is 80.9 Å². The van der Waals surface area contributed by atoms with Crippen molar-refractivity contribution in [3.05, 3.63) is 34.1 Å². The molecule has 3 fully saturated rings. The third kappa shape index (κ3) is 15.5. The number of aromatic nitrogens is 1. The summed E-state index contributed by atoms with van der Waals surface area (Å²) in [5.41, 5.74) is -5.06. The van der Waals surface area contributed by atoms with E-state index in [2.05, 4.69) is 10.5 Å². The van der Waals surface area contributed by atoms with Crippen LogP contribution in [-0.4, -0.2) is 203 Å².